The zero-order valence-electron chi connectivity index (χ0n) is 11.3. The van der Waals surface area contributed by atoms with Gasteiger partial charge in [0.1, 0.15) is 11.3 Å². The van der Waals surface area contributed by atoms with Crippen LogP contribution in [0.3, 0.4) is 0 Å². The zero-order valence-corrected chi connectivity index (χ0v) is 12.0. The third kappa shape index (κ3) is 2.13. The Morgan fingerprint density at radius 2 is 2.37 bits per heavy atom. The van der Waals surface area contributed by atoms with E-state index >= 15 is 0 Å². The minimum atomic E-state index is -0.133. The SMILES string of the molecule is CC(Cl)c1nc2cnccc2n1C1(C)CCCOC1. The molecule has 3 heterocycles. The minimum Gasteiger partial charge on any atom is -0.379 e. The Labute approximate surface area is 117 Å². The van der Waals surface area contributed by atoms with Crippen LogP contribution in [0.4, 0.5) is 0 Å². The van der Waals surface area contributed by atoms with E-state index in [1.54, 1.807) is 12.4 Å². The van der Waals surface area contributed by atoms with Gasteiger partial charge in [0, 0.05) is 12.8 Å². The highest BCUT2D eigenvalue weighted by Gasteiger charge is 2.34. The van der Waals surface area contributed by atoms with Crippen LogP contribution >= 0.6 is 11.6 Å². The van der Waals surface area contributed by atoms with Crippen molar-refractivity contribution in [2.75, 3.05) is 13.2 Å². The normalized spacial score (nSPS) is 25.6. The Morgan fingerprint density at radius 3 is 3.05 bits per heavy atom. The summed E-state index contributed by atoms with van der Waals surface area (Å²) in [7, 11) is 0. The highest BCUT2D eigenvalue weighted by Crippen LogP contribution is 2.35. The molecule has 102 valence electrons. The van der Waals surface area contributed by atoms with E-state index in [2.05, 4.69) is 21.5 Å². The molecule has 0 radical (unpaired) electrons. The lowest BCUT2D eigenvalue weighted by Gasteiger charge is -2.37. The molecule has 2 atom stereocenters. The van der Waals surface area contributed by atoms with Crippen molar-refractivity contribution in [3.63, 3.8) is 0 Å². The van der Waals surface area contributed by atoms with E-state index < -0.39 is 0 Å². The van der Waals surface area contributed by atoms with Gasteiger partial charge in [0.2, 0.25) is 0 Å². The third-order valence-corrected chi connectivity index (χ3v) is 3.99. The molecule has 5 heteroatoms. The van der Waals surface area contributed by atoms with Gasteiger partial charge in [-0.25, -0.2) is 4.98 Å². The van der Waals surface area contributed by atoms with Crippen molar-refractivity contribution in [1.29, 1.82) is 0 Å². The van der Waals surface area contributed by atoms with Gasteiger partial charge < -0.3 is 9.30 Å². The Hall–Kier alpha value is -1.13. The fourth-order valence-corrected chi connectivity index (χ4v) is 3.03. The molecule has 1 aliphatic rings. The van der Waals surface area contributed by atoms with Crippen molar-refractivity contribution >= 4 is 22.6 Å². The van der Waals surface area contributed by atoms with Crippen molar-refractivity contribution in [2.24, 2.45) is 0 Å². The number of fused-ring (bicyclic) bond motifs is 1. The second-order valence-corrected chi connectivity index (χ2v) is 6.09. The number of alkyl halides is 1. The van der Waals surface area contributed by atoms with Crippen molar-refractivity contribution in [1.82, 2.24) is 14.5 Å². The van der Waals surface area contributed by atoms with Crippen LogP contribution in [0.2, 0.25) is 0 Å². The topological polar surface area (TPSA) is 39.9 Å². The summed E-state index contributed by atoms with van der Waals surface area (Å²) >= 11 is 6.32. The van der Waals surface area contributed by atoms with Gasteiger partial charge in [0.15, 0.2) is 0 Å². The maximum atomic E-state index is 6.32. The summed E-state index contributed by atoms with van der Waals surface area (Å²) in [4.78, 5) is 8.79. The predicted molar refractivity (Wildman–Crippen MR) is 75.5 cm³/mol. The summed E-state index contributed by atoms with van der Waals surface area (Å²) in [5.41, 5.74) is 1.91. The summed E-state index contributed by atoms with van der Waals surface area (Å²) in [6.45, 7) is 5.73. The van der Waals surface area contributed by atoms with E-state index in [4.69, 9.17) is 16.3 Å². The Balaban J connectivity index is 2.22. The van der Waals surface area contributed by atoms with Crippen LogP contribution in [-0.2, 0) is 10.3 Å². The largest absolute Gasteiger partial charge is 0.379 e. The van der Waals surface area contributed by atoms with Gasteiger partial charge in [0.25, 0.3) is 0 Å². The predicted octanol–water partition coefficient (Wildman–Crippen LogP) is 3.26. The van der Waals surface area contributed by atoms with Crippen LogP contribution in [0.15, 0.2) is 18.5 Å². The number of ether oxygens (including phenoxy) is 1. The zero-order chi connectivity index (χ0) is 13.5. The van der Waals surface area contributed by atoms with Crippen LogP contribution in [0.5, 0.6) is 0 Å². The second-order valence-electron chi connectivity index (χ2n) is 5.44. The lowest BCUT2D eigenvalue weighted by Crippen LogP contribution is -2.40. The first-order chi connectivity index (χ1) is 9.12. The molecule has 2 aromatic heterocycles. The van der Waals surface area contributed by atoms with Crippen LogP contribution in [0, 0.1) is 0 Å². The lowest BCUT2D eigenvalue weighted by molar-refractivity contribution is 0.0101. The molecule has 2 unspecified atom stereocenters. The molecule has 0 bridgehead atoms. The number of aromatic nitrogens is 3. The Morgan fingerprint density at radius 1 is 1.53 bits per heavy atom. The Kier molecular flexibility index (Phi) is 3.23. The first-order valence-corrected chi connectivity index (χ1v) is 7.10. The monoisotopic (exact) mass is 279 g/mol. The lowest BCUT2D eigenvalue weighted by atomic mass is 9.94. The second kappa shape index (κ2) is 4.76. The van der Waals surface area contributed by atoms with E-state index in [-0.39, 0.29) is 10.9 Å². The number of hydrogen-bond donors (Lipinski definition) is 0. The average molecular weight is 280 g/mol. The average Bonchev–Trinajstić information content (AvgIpc) is 2.79. The van der Waals surface area contributed by atoms with E-state index in [1.165, 1.54) is 0 Å². The van der Waals surface area contributed by atoms with Gasteiger partial charge in [-0.05, 0) is 32.8 Å². The van der Waals surface area contributed by atoms with Crippen molar-refractivity contribution in [2.45, 2.75) is 37.6 Å². The van der Waals surface area contributed by atoms with E-state index in [1.807, 2.05) is 13.0 Å². The third-order valence-electron chi connectivity index (χ3n) is 3.80. The maximum absolute atomic E-state index is 6.32. The minimum absolute atomic E-state index is 0.0766. The van der Waals surface area contributed by atoms with Crippen molar-refractivity contribution in [3.8, 4) is 0 Å². The molecule has 0 aromatic carbocycles. The summed E-state index contributed by atoms with van der Waals surface area (Å²) < 4.78 is 7.94. The number of imidazole rings is 1. The van der Waals surface area contributed by atoms with Crippen LogP contribution in [-0.4, -0.2) is 27.7 Å². The van der Waals surface area contributed by atoms with Gasteiger partial charge in [-0.15, -0.1) is 11.6 Å². The van der Waals surface area contributed by atoms with Gasteiger partial charge in [-0.2, -0.15) is 0 Å². The first kappa shape index (κ1) is 12.9. The molecular weight excluding hydrogens is 262 g/mol. The van der Waals surface area contributed by atoms with Gasteiger partial charge in [-0.1, -0.05) is 0 Å². The molecule has 2 aromatic rings. The molecule has 0 N–H and O–H groups in total. The summed E-state index contributed by atoms with van der Waals surface area (Å²) in [5, 5.41) is -0.133. The first-order valence-electron chi connectivity index (χ1n) is 6.66. The highest BCUT2D eigenvalue weighted by molar-refractivity contribution is 6.20. The quantitative estimate of drug-likeness (QED) is 0.792. The van der Waals surface area contributed by atoms with E-state index in [0.29, 0.717) is 6.61 Å². The molecule has 4 nitrogen and oxygen atoms in total. The number of pyridine rings is 1. The smallest absolute Gasteiger partial charge is 0.128 e. The van der Waals surface area contributed by atoms with E-state index in [9.17, 15) is 0 Å². The maximum Gasteiger partial charge on any atom is 0.128 e. The Bertz CT molecular complexity index is 587. The van der Waals surface area contributed by atoms with Crippen LogP contribution in [0.1, 0.15) is 37.9 Å². The summed E-state index contributed by atoms with van der Waals surface area (Å²) in [6, 6.07) is 2.00. The fourth-order valence-electron chi connectivity index (χ4n) is 2.88. The molecule has 0 spiro atoms. The van der Waals surface area contributed by atoms with Crippen LogP contribution in [0.25, 0.3) is 11.0 Å². The van der Waals surface area contributed by atoms with Crippen LogP contribution < -0.4 is 0 Å². The highest BCUT2D eigenvalue weighted by atomic mass is 35.5. The standard InChI is InChI=1S/C14H18ClN3O/c1-10(15)13-17-11-8-16-6-4-12(11)18(13)14(2)5-3-7-19-9-14/h4,6,8,10H,3,5,7,9H2,1-2H3. The molecule has 3 rings (SSSR count). The molecule has 0 saturated carbocycles. The summed E-state index contributed by atoms with van der Waals surface area (Å²) in [5.74, 6) is 0.901. The number of halogens is 1. The molecule has 1 saturated heterocycles. The summed E-state index contributed by atoms with van der Waals surface area (Å²) in [6.07, 6.45) is 5.74. The number of hydrogen-bond acceptors (Lipinski definition) is 3. The number of nitrogens with zero attached hydrogens (tertiary/aromatic N) is 3. The van der Waals surface area contributed by atoms with Crippen molar-refractivity contribution < 1.29 is 4.74 Å². The molecule has 0 aliphatic carbocycles. The number of rotatable bonds is 2. The molecular formula is C14H18ClN3O. The fraction of sp³-hybridized carbons (Fsp3) is 0.571. The van der Waals surface area contributed by atoms with Gasteiger partial charge in [0.05, 0.1) is 29.2 Å². The van der Waals surface area contributed by atoms with Gasteiger partial charge in [-0.3, -0.25) is 4.98 Å². The molecule has 1 fully saturated rings. The van der Waals surface area contributed by atoms with E-state index in [0.717, 1.165) is 36.3 Å². The van der Waals surface area contributed by atoms with Gasteiger partial charge >= 0.3 is 0 Å². The molecule has 0 amide bonds. The van der Waals surface area contributed by atoms with Crippen molar-refractivity contribution in [3.05, 3.63) is 24.3 Å². The molecule has 1 aliphatic heterocycles. The molecule has 19 heavy (non-hydrogen) atoms.